The lowest BCUT2D eigenvalue weighted by molar-refractivity contribution is 1.33. The van der Waals surface area contributed by atoms with Crippen LogP contribution < -0.4 is 0 Å². The summed E-state index contributed by atoms with van der Waals surface area (Å²) in [6, 6.07) is 18.1. The quantitative estimate of drug-likeness (QED) is 0.334. The highest BCUT2D eigenvalue weighted by atomic mass is 32.1. The van der Waals surface area contributed by atoms with E-state index in [0.29, 0.717) is 0 Å². The van der Waals surface area contributed by atoms with Crippen LogP contribution >= 0.6 is 11.3 Å². The zero-order chi connectivity index (χ0) is 19.3. The molecule has 0 N–H and O–H groups in total. The Kier molecular flexibility index (Phi) is 4.44. The van der Waals surface area contributed by atoms with Crippen LogP contribution in [0.4, 0.5) is 0 Å². The van der Waals surface area contributed by atoms with E-state index in [4.69, 9.17) is 0 Å². The molecule has 0 amide bonds. The molecule has 0 unspecified atom stereocenters. The maximum atomic E-state index is 2.30. The van der Waals surface area contributed by atoms with Crippen LogP contribution in [0.2, 0.25) is 0 Å². The maximum absolute atomic E-state index is 2.30. The van der Waals surface area contributed by atoms with Crippen molar-refractivity contribution in [1.82, 2.24) is 0 Å². The minimum atomic E-state index is 1.33. The van der Waals surface area contributed by atoms with Crippen LogP contribution in [-0.4, -0.2) is 0 Å². The largest absolute Gasteiger partial charge is 0.134 e. The molecule has 0 aliphatic rings. The van der Waals surface area contributed by atoms with Crippen LogP contribution in [0, 0.1) is 41.5 Å². The Bertz CT molecular complexity index is 1040. The van der Waals surface area contributed by atoms with Crippen molar-refractivity contribution < 1.29 is 0 Å². The van der Waals surface area contributed by atoms with Gasteiger partial charge in [-0.1, -0.05) is 59.7 Å². The zero-order valence-electron chi connectivity index (χ0n) is 17.0. The van der Waals surface area contributed by atoms with Gasteiger partial charge in [-0.05, 0) is 74.9 Å². The van der Waals surface area contributed by atoms with E-state index < -0.39 is 0 Å². The summed E-state index contributed by atoms with van der Waals surface area (Å²) in [5.74, 6) is 0. The third kappa shape index (κ3) is 3.00. The van der Waals surface area contributed by atoms with Gasteiger partial charge in [-0.2, -0.15) is 0 Å². The van der Waals surface area contributed by atoms with Gasteiger partial charge in [0.2, 0.25) is 0 Å². The number of thiophene rings is 1. The van der Waals surface area contributed by atoms with Crippen LogP contribution in [0.5, 0.6) is 0 Å². The van der Waals surface area contributed by atoms with Gasteiger partial charge in [-0.3, -0.25) is 0 Å². The van der Waals surface area contributed by atoms with Crippen molar-refractivity contribution in [3.05, 3.63) is 81.9 Å². The molecule has 0 aliphatic heterocycles. The van der Waals surface area contributed by atoms with Crippen LogP contribution in [0.3, 0.4) is 0 Å². The molecule has 27 heavy (non-hydrogen) atoms. The standard InChI is InChI=1S/C26H26S/c1-15-11-17(3)23(18(4)12-15)25-21-9-7-8-10-22(21)26(27-25)24-19(5)13-16(2)14-20(24)6/h7-14H,1-6H3. The molecule has 0 atom stereocenters. The second kappa shape index (κ2) is 6.65. The molecule has 0 saturated heterocycles. The number of aryl methyl sites for hydroxylation is 6. The molecule has 0 bridgehead atoms. The summed E-state index contributed by atoms with van der Waals surface area (Å²) >= 11 is 1.95. The first kappa shape index (κ1) is 18.0. The maximum Gasteiger partial charge on any atom is 0.0433 e. The number of benzene rings is 3. The van der Waals surface area contributed by atoms with Gasteiger partial charge in [0.25, 0.3) is 0 Å². The van der Waals surface area contributed by atoms with Crippen molar-refractivity contribution in [2.24, 2.45) is 0 Å². The van der Waals surface area contributed by atoms with Gasteiger partial charge in [0, 0.05) is 20.5 Å². The van der Waals surface area contributed by atoms with Gasteiger partial charge in [0.15, 0.2) is 0 Å². The summed E-state index contributed by atoms with van der Waals surface area (Å²) in [6.45, 7) is 13.3. The average molecular weight is 371 g/mol. The van der Waals surface area contributed by atoms with E-state index >= 15 is 0 Å². The summed E-state index contributed by atoms with van der Waals surface area (Å²) in [4.78, 5) is 2.80. The number of rotatable bonds is 2. The summed E-state index contributed by atoms with van der Waals surface area (Å²) in [5, 5.41) is 2.74. The van der Waals surface area contributed by atoms with Crippen molar-refractivity contribution in [2.75, 3.05) is 0 Å². The highest BCUT2D eigenvalue weighted by Crippen LogP contribution is 2.47. The van der Waals surface area contributed by atoms with Crippen molar-refractivity contribution >= 4 is 22.1 Å². The minimum Gasteiger partial charge on any atom is -0.134 e. The molecule has 4 rings (SSSR count). The monoisotopic (exact) mass is 370 g/mol. The Labute approximate surface area is 166 Å². The van der Waals surface area contributed by atoms with Gasteiger partial charge >= 0.3 is 0 Å². The van der Waals surface area contributed by atoms with Gasteiger partial charge in [-0.15, -0.1) is 11.3 Å². The third-order valence-electron chi connectivity index (χ3n) is 5.43. The highest BCUT2D eigenvalue weighted by Gasteiger charge is 2.19. The second-order valence-corrected chi connectivity index (χ2v) is 8.87. The van der Waals surface area contributed by atoms with Gasteiger partial charge in [0.05, 0.1) is 0 Å². The van der Waals surface area contributed by atoms with Crippen LogP contribution in [0.15, 0.2) is 48.5 Å². The summed E-state index contributed by atoms with van der Waals surface area (Å²) < 4.78 is 0. The molecule has 0 aliphatic carbocycles. The van der Waals surface area contributed by atoms with Crippen molar-refractivity contribution in [3.8, 4) is 20.9 Å². The molecular formula is C26H26S. The molecule has 4 aromatic rings. The SMILES string of the molecule is Cc1cc(C)c(-c2sc(-c3c(C)cc(C)cc3C)c3ccccc23)c(C)c1. The van der Waals surface area contributed by atoms with Gasteiger partial charge < -0.3 is 0 Å². The number of fused-ring (bicyclic) bond motifs is 1. The zero-order valence-corrected chi connectivity index (χ0v) is 17.8. The molecule has 1 aromatic heterocycles. The number of hydrogen-bond donors (Lipinski definition) is 0. The molecular weight excluding hydrogens is 344 g/mol. The Morgan fingerprint density at radius 1 is 0.519 bits per heavy atom. The van der Waals surface area contributed by atoms with E-state index in [2.05, 4.69) is 90.1 Å². The van der Waals surface area contributed by atoms with E-state index in [1.807, 2.05) is 11.3 Å². The fourth-order valence-electron chi connectivity index (χ4n) is 4.54. The lowest BCUT2D eigenvalue weighted by Gasteiger charge is -2.11. The number of hydrogen-bond acceptors (Lipinski definition) is 1. The molecule has 1 heterocycles. The first-order chi connectivity index (χ1) is 12.9. The van der Waals surface area contributed by atoms with Crippen LogP contribution in [-0.2, 0) is 0 Å². The van der Waals surface area contributed by atoms with Crippen molar-refractivity contribution in [2.45, 2.75) is 41.5 Å². The summed E-state index contributed by atoms with van der Waals surface area (Å²) in [7, 11) is 0. The van der Waals surface area contributed by atoms with E-state index in [9.17, 15) is 0 Å². The van der Waals surface area contributed by atoms with Crippen LogP contribution in [0.1, 0.15) is 33.4 Å². The lowest BCUT2D eigenvalue weighted by Crippen LogP contribution is -1.88. The van der Waals surface area contributed by atoms with E-state index in [0.717, 1.165) is 0 Å². The highest BCUT2D eigenvalue weighted by molar-refractivity contribution is 7.21. The first-order valence-corrected chi connectivity index (χ1v) is 10.4. The van der Waals surface area contributed by atoms with Gasteiger partial charge in [0.1, 0.15) is 0 Å². The molecule has 0 radical (unpaired) electrons. The Morgan fingerprint density at radius 2 is 0.852 bits per heavy atom. The fourth-order valence-corrected chi connectivity index (χ4v) is 6.17. The molecule has 0 saturated carbocycles. The van der Waals surface area contributed by atoms with E-state index in [-0.39, 0.29) is 0 Å². The summed E-state index contributed by atoms with van der Waals surface area (Å²) in [6.07, 6.45) is 0. The lowest BCUT2D eigenvalue weighted by atomic mass is 9.94. The normalized spacial score (nSPS) is 11.3. The topological polar surface area (TPSA) is 0 Å². The smallest absolute Gasteiger partial charge is 0.0433 e. The second-order valence-electron chi connectivity index (χ2n) is 7.85. The molecule has 0 nitrogen and oxygen atoms in total. The molecule has 0 spiro atoms. The van der Waals surface area contributed by atoms with Gasteiger partial charge in [-0.25, -0.2) is 0 Å². The van der Waals surface area contributed by atoms with E-state index in [1.165, 1.54) is 65.0 Å². The Hall–Kier alpha value is -2.38. The van der Waals surface area contributed by atoms with Crippen molar-refractivity contribution in [1.29, 1.82) is 0 Å². The van der Waals surface area contributed by atoms with E-state index in [1.54, 1.807) is 0 Å². The predicted molar refractivity (Wildman–Crippen MR) is 121 cm³/mol. The first-order valence-electron chi connectivity index (χ1n) is 9.54. The van der Waals surface area contributed by atoms with Crippen molar-refractivity contribution in [3.63, 3.8) is 0 Å². The minimum absolute atomic E-state index is 1.33. The van der Waals surface area contributed by atoms with Crippen LogP contribution in [0.25, 0.3) is 31.7 Å². The average Bonchev–Trinajstić information content (AvgIpc) is 2.93. The molecule has 3 aromatic carbocycles. The fraction of sp³-hybridized carbons (Fsp3) is 0.231. The predicted octanol–water partition coefficient (Wildman–Crippen LogP) is 8.09. The Balaban J connectivity index is 2.08. The molecule has 136 valence electrons. The molecule has 0 fully saturated rings. The Morgan fingerprint density at radius 3 is 1.19 bits per heavy atom. The molecule has 1 heteroatoms. The third-order valence-corrected chi connectivity index (χ3v) is 6.68. The summed E-state index contributed by atoms with van der Waals surface area (Å²) in [5.41, 5.74) is 10.9.